The molecular weight excluding hydrogens is 210 g/mol. The lowest BCUT2D eigenvalue weighted by molar-refractivity contribution is 0.225. The van der Waals surface area contributed by atoms with Crippen LogP contribution in [0.1, 0.15) is 36.8 Å². The molecule has 1 heterocycles. The Labute approximate surface area is 103 Å². The van der Waals surface area contributed by atoms with Crippen molar-refractivity contribution < 1.29 is 4.74 Å². The van der Waals surface area contributed by atoms with Crippen LogP contribution < -0.4 is 10.1 Å². The van der Waals surface area contributed by atoms with Gasteiger partial charge in [0.2, 0.25) is 0 Å². The summed E-state index contributed by atoms with van der Waals surface area (Å²) in [5.41, 5.74) is 3.41. The number of ether oxygens (including phenoxy) is 1. The number of methoxy groups -OCH3 is 1. The fraction of sp³-hybridized carbons (Fsp3) is 0.600. The molecule has 2 aliphatic rings. The van der Waals surface area contributed by atoms with Crippen molar-refractivity contribution in [2.45, 2.75) is 44.1 Å². The molecule has 1 aromatic rings. The highest BCUT2D eigenvalue weighted by Gasteiger charge is 2.35. The van der Waals surface area contributed by atoms with E-state index in [1.165, 1.54) is 56.2 Å². The number of benzene rings is 1. The Kier molecular flexibility index (Phi) is 2.83. The first kappa shape index (κ1) is 11.1. The van der Waals surface area contributed by atoms with Crippen molar-refractivity contribution in [3.8, 4) is 5.75 Å². The number of fused-ring (bicyclic) bond motifs is 1. The lowest BCUT2D eigenvalue weighted by atomic mass is 9.74. The van der Waals surface area contributed by atoms with E-state index in [0.29, 0.717) is 5.54 Å². The molecule has 1 N–H and O–H groups in total. The van der Waals surface area contributed by atoms with E-state index in [2.05, 4.69) is 23.5 Å². The predicted octanol–water partition coefficient (Wildman–Crippen LogP) is 2.70. The molecule has 1 fully saturated rings. The van der Waals surface area contributed by atoms with Gasteiger partial charge in [-0.3, -0.25) is 0 Å². The zero-order valence-corrected chi connectivity index (χ0v) is 10.6. The number of aryl methyl sites for hydroxylation is 1. The molecule has 1 aliphatic carbocycles. The van der Waals surface area contributed by atoms with Crippen LogP contribution in [0, 0.1) is 0 Å². The van der Waals surface area contributed by atoms with Gasteiger partial charge in [-0.2, -0.15) is 0 Å². The summed E-state index contributed by atoms with van der Waals surface area (Å²) in [4.78, 5) is 0. The summed E-state index contributed by atoms with van der Waals surface area (Å²) < 4.78 is 5.30. The Morgan fingerprint density at radius 3 is 2.88 bits per heavy atom. The van der Waals surface area contributed by atoms with Crippen LogP contribution in [0.5, 0.6) is 5.75 Å². The van der Waals surface area contributed by atoms with Crippen LogP contribution in [0.3, 0.4) is 0 Å². The molecule has 1 aliphatic heterocycles. The molecule has 92 valence electrons. The number of nitrogens with one attached hydrogen (secondary N) is 1. The Balaban J connectivity index is 1.85. The maximum Gasteiger partial charge on any atom is 0.119 e. The van der Waals surface area contributed by atoms with Gasteiger partial charge in [0.05, 0.1) is 7.11 Å². The maximum atomic E-state index is 5.30. The average Bonchev–Trinajstić information content (AvgIpc) is 2.39. The van der Waals surface area contributed by atoms with Crippen LogP contribution in [0.4, 0.5) is 0 Å². The quantitative estimate of drug-likeness (QED) is 0.802. The van der Waals surface area contributed by atoms with Gasteiger partial charge in [0.1, 0.15) is 5.75 Å². The molecule has 1 saturated heterocycles. The number of hydrogen-bond acceptors (Lipinski definition) is 2. The predicted molar refractivity (Wildman–Crippen MR) is 69.6 cm³/mol. The highest BCUT2D eigenvalue weighted by Crippen LogP contribution is 2.35. The van der Waals surface area contributed by atoms with Crippen LogP contribution in [-0.4, -0.2) is 19.2 Å². The van der Waals surface area contributed by atoms with Crippen LogP contribution >= 0.6 is 0 Å². The molecule has 0 amide bonds. The van der Waals surface area contributed by atoms with E-state index in [0.717, 1.165) is 5.75 Å². The van der Waals surface area contributed by atoms with E-state index in [4.69, 9.17) is 4.74 Å². The molecule has 0 aromatic heterocycles. The van der Waals surface area contributed by atoms with Crippen molar-refractivity contribution in [2.75, 3.05) is 13.7 Å². The summed E-state index contributed by atoms with van der Waals surface area (Å²) >= 11 is 0. The molecule has 0 radical (unpaired) electrons. The standard InChI is InChI=1S/C15H21NO/c1-17-14-5-4-13-11-15(7-2-3-9-16-15)8-6-12(13)10-14/h4-5,10,16H,2-3,6-9,11H2,1H3/t15-/m1/s1. The Hall–Kier alpha value is -1.02. The molecule has 2 nitrogen and oxygen atoms in total. The Bertz CT molecular complexity index is 407. The molecule has 3 rings (SSSR count). The highest BCUT2D eigenvalue weighted by atomic mass is 16.5. The first-order valence-corrected chi connectivity index (χ1v) is 6.72. The van der Waals surface area contributed by atoms with Crippen LogP contribution in [0.15, 0.2) is 18.2 Å². The lowest BCUT2D eigenvalue weighted by Gasteiger charge is -2.42. The van der Waals surface area contributed by atoms with E-state index in [9.17, 15) is 0 Å². The molecule has 0 saturated carbocycles. The zero-order valence-electron chi connectivity index (χ0n) is 10.6. The number of rotatable bonds is 1. The third-order valence-corrected chi connectivity index (χ3v) is 4.40. The molecule has 1 atom stereocenters. The van der Waals surface area contributed by atoms with Gasteiger partial charge in [-0.25, -0.2) is 0 Å². The third kappa shape index (κ3) is 2.06. The van der Waals surface area contributed by atoms with Crippen molar-refractivity contribution in [3.63, 3.8) is 0 Å². The summed E-state index contributed by atoms with van der Waals surface area (Å²) in [7, 11) is 1.74. The molecule has 1 aromatic carbocycles. The van der Waals surface area contributed by atoms with Crippen LogP contribution in [0.25, 0.3) is 0 Å². The lowest BCUT2D eigenvalue weighted by Crippen LogP contribution is -2.52. The van der Waals surface area contributed by atoms with E-state index in [1.807, 2.05) is 0 Å². The number of hydrogen-bond donors (Lipinski definition) is 1. The SMILES string of the molecule is COc1ccc2c(c1)CC[C@]1(CCCCN1)C2. The minimum absolute atomic E-state index is 0.403. The minimum Gasteiger partial charge on any atom is -0.497 e. The molecule has 0 bridgehead atoms. The molecule has 2 heteroatoms. The van der Waals surface area contributed by atoms with Crippen LogP contribution in [-0.2, 0) is 12.8 Å². The highest BCUT2D eigenvalue weighted by molar-refractivity contribution is 5.39. The molecule has 17 heavy (non-hydrogen) atoms. The second-order valence-corrected chi connectivity index (χ2v) is 5.48. The fourth-order valence-electron chi connectivity index (χ4n) is 3.36. The van der Waals surface area contributed by atoms with Crippen molar-refractivity contribution in [1.82, 2.24) is 5.32 Å². The fourth-order valence-corrected chi connectivity index (χ4v) is 3.36. The second kappa shape index (κ2) is 4.34. The largest absolute Gasteiger partial charge is 0.497 e. The summed E-state index contributed by atoms with van der Waals surface area (Å²) in [6.07, 6.45) is 7.76. The minimum atomic E-state index is 0.403. The van der Waals surface area contributed by atoms with Gasteiger partial charge >= 0.3 is 0 Å². The summed E-state index contributed by atoms with van der Waals surface area (Å²) in [5.74, 6) is 0.997. The number of piperidine rings is 1. The Morgan fingerprint density at radius 1 is 1.18 bits per heavy atom. The van der Waals surface area contributed by atoms with Gasteiger partial charge in [-0.1, -0.05) is 12.5 Å². The maximum absolute atomic E-state index is 5.30. The van der Waals surface area contributed by atoms with Gasteiger partial charge in [0, 0.05) is 5.54 Å². The van der Waals surface area contributed by atoms with E-state index < -0.39 is 0 Å². The first-order valence-electron chi connectivity index (χ1n) is 6.72. The average molecular weight is 231 g/mol. The molecule has 0 unspecified atom stereocenters. The van der Waals surface area contributed by atoms with Gasteiger partial charge in [0.25, 0.3) is 0 Å². The smallest absolute Gasteiger partial charge is 0.119 e. The van der Waals surface area contributed by atoms with Crippen molar-refractivity contribution in [2.24, 2.45) is 0 Å². The van der Waals surface area contributed by atoms with Gasteiger partial charge < -0.3 is 10.1 Å². The molecule has 1 spiro atoms. The van der Waals surface area contributed by atoms with E-state index in [1.54, 1.807) is 7.11 Å². The second-order valence-electron chi connectivity index (χ2n) is 5.48. The third-order valence-electron chi connectivity index (χ3n) is 4.40. The van der Waals surface area contributed by atoms with Gasteiger partial charge in [0.15, 0.2) is 0 Å². The van der Waals surface area contributed by atoms with E-state index >= 15 is 0 Å². The van der Waals surface area contributed by atoms with E-state index in [-0.39, 0.29) is 0 Å². The normalized spacial score (nSPS) is 27.8. The zero-order chi connectivity index (χ0) is 11.7. The van der Waals surface area contributed by atoms with Gasteiger partial charge in [-0.15, -0.1) is 0 Å². The molecular formula is C15H21NO. The summed E-state index contributed by atoms with van der Waals surface area (Å²) in [6, 6.07) is 6.57. The summed E-state index contributed by atoms with van der Waals surface area (Å²) in [5, 5.41) is 3.77. The Morgan fingerprint density at radius 2 is 2.12 bits per heavy atom. The first-order chi connectivity index (χ1) is 8.31. The topological polar surface area (TPSA) is 21.3 Å². The monoisotopic (exact) mass is 231 g/mol. The van der Waals surface area contributed by atoms with Crippen molar-refractivity contribution >= 4 is 0 Å². The van der Waals surface area contributed by atoms with Crippen LogP contribution in [0.2, 0.25) is 0 Å². The summed E-state index contributed by atoms with van der Waals surface area (Å²) in [6.45, 7) is 1.20. The van der Waals surface area contributed by atoms with Gasteiger partial charge in [-0.05, 0) is 61.9 Å². The van der Waals surface area contributed by atoms with Crippen molar-refractivity contribution in [3.05, 3.63) is 29.3 Å². The van der Waals surface area contributed by atoms with Crippen molar-refractivity contribution in [1.29, 1.82) is 0 Å².